The smallest absolute Gasteiger partial charge is 0.0880 e. The number of anilines is 1. The van der Waals surface area contributed by atoms with Gasteiger partial charge in [-0.2, -0.15) is 0 Å². The fourth-order valence-corrected chi connectivity index (χ4v) is 1.17. The summed E-state index contributed by atoms with van der Waals surface area (Å²) in [6.45, 7) is 0.207. The van der Waals surface area contributed by atoms with Crippen LogP contribution in [0.4, 0.5) is 5.69 Å². The number of hydrogen-bond donors (Lipinski definition) is 0. The summed E-state index contributed by atoms with van der Waals surface area (Å²) in [4.78, 5) is 4.63. The second-order valence-corrected chi connectivity index (χ2v) is 3.10. The molecule has 0 radical (unpaired) electrons. The lowest BCUT2D eigenvalue weighted by molar-refractivity contribution is 1.13. The Morgan fingerprint density at radius 1 is 1.40 bits per heavy atom. The summed E-state index contributed by atoms with van der Waals surface area (Å²) in [5, 5.41) is 3.35. The van der Waals surface area contributed by atoms with Gasteiger partial charge in [0.25, 0.3) is 0 Å². The molecule has 0 aliphatic carbocycles. The van der Waals surface area contributed by atoms with Crippen molar-refractivity contribution < 1.29 is 0 Å². The van der Waals surface area contributed by atoms with E-state index in [0.717, 1.165) is 11.3 Å². The maximum Gasteiger partial charge on any atom is 0.0880 e. The predicted octanol–water partition coefficient (Wildman–Crippen LogP) is 2.41. The van der Waals surface area contributed by atoms with Crippen LogP contribution in [0.15, 0.2) is 29.4 Å². The zero-order valence-corrected chi connectivity index (χ0v) is 8.81. The van der Waals surface area contributed by atoms with Gasteiger partial charge in [0.2, 0.25) is 0 Å². The van der Waals surface area contributed by atoms with Crippen molar-refractivity contribution in [3.63, 3.8) is 0 Å². The summed E-state index contributed by atoms with van der Waals surface area (Å²) >= 11 is 0. The second-order valence-electron chi connectivity index (χ2n) is 3.10. The van der Waals surface area contributed by atoms with Crippen LogP contribution in [-0.4, -0.2) is 20.6 Å². The monoisotopic (exact) mass is 200 g/mol. The van der Waals surface area contributed by atoms with Crippen molar-refractivity contribution >= 4 is 5.69 Å². The molecule has 15 heavy (non-hydrogen) atoms. The maximum atomic E-state index is 8.09. The Labute approximate surface area is 89.1 Å². The molecule has 0 amide bonds. The summed E-state index contributed by atoms with van der Waals surface area (Å²) in [7, 11) is 3.93. The molecule has 1 aromatic carbocycles. The second kappa shape index (κ2) is 5.58. The first-order valence-corrected chi connectivity index (χ1v) is 4.52. The molecule has 0 bridgehead atoms. The van der Waals surface area contributed by atoms with Gasteiger partial charge in [0.15, 0.2) is 0 Å². The predicted molar refractivity (Wildman–Crippen MR) is 61.7 cm³/mol. The molecular formula is C11H12N4. The molecular weight excluding hydrogens is 188 g/mol. The van der Waals surface area contributed by atoms with Crippen molar-refractivity contribution in [3.05, 3.63) is 40.3 Å². The molecule has 0 unspecified atom stereocenters. The number of nitrogens with zero attached hydrogens (tertiary/aromatic N) is 4. The quantitative estimate of drug-likeness (QED) is 0.313. The van der Waals surface area contributed by atoms with Gasteiger partial charge in [-0.15, -0.1) is 0 Å². The van der Waals surface area contributed by atoms with Crippen molar-refractivity contribution in [2.75, 3.05) is 25.5 Å². The van der Waals surface area contributed by atoms with E-state index < -0.39 is 0 Å². The molecule has 0 aromatic heterocycles. The lowest BCUT2D eigenvalue weighted by atomic mass is 10.1. The van der Waals surface area contributed by atoms with Crippen LogP contribution in [0, 0.1) is 11.8 Å². The van der Waals surface area contributed by atoms with Crippen molar-refractivity contribution in [2.24, 2.45) is 5.11 Å². The average Bonchev–Trinajstić information content (AvgIpc) is 2.25. The minimum absolute atomic E-state index is 0.207. The van der Waals surface area contributed by atoms with E-state index in [0.29, 0.717) is 0 Å². The Bertz CT molecular complexity index is 433. The fourth-order valence-electron chi connectivity index (χ4n) is 1.17. The van der Waals surface area contributed by atoms with Crippen molar-refractivity contribution in [3.8, 4) is 11.8 Å². The third kappa shape index (κ3) is 3.26. The zero-order chi connectivity index (χ0) is 11.1. The van der Waals surface area contributed by atoms with E-state index in [1.54, 1.807) is 0 Å². The molecule has 4 nitrogen and oxygen atoms in total. The number of benzene rings is 1. The lowest BCUT2D eigenvalue weighted by Gasteiger charge is -2.13. The first-order valence-electron chi connectivity index (χ1n) is 4.52. The van der Waals surface area contributed by atoms with E-state index in [1.807, 2.05) is 43.3 Å². The van der Waals surface area contributed by atoms with Crippen LogP contribution in [0.5, 0.6) is 0 Å². The van der Waals surface area contributed by atoms with Gasteiger partial charge in [0.1, 0.15) is 0 Å². The van der Waals surface area contributed by atoms with Gasteiger partial charge in [-0.05, 0) is 17.7 Å². The summed E-state index contributed by atoms with van der Waals surface area (Å²) in [5.41, 5.74) is 10.1. The van der Waals surface area contributed by atoms with Gasteiger partial charge in [0.05, 0.1) is 12.2 Å². The van der Waals surface area contributed by atoms with Crippen LogP contribution in [0.25, 0.3) is 10.4 Å². The number of para-hydroxylation sites is 1. The summed E-state index contributed by atoms with van der Waals surface area (Å²) in [6.07, 6.45) is 0. The van der Waals surface area contributed by atoms with Gasteiger partial charge in [-0.3, -0.25) is 0 Å². The molecule has 1 aromatic rings. The Balaban J connectivity index is 2.91. The van der Waals surface area contributed by atoms with Gasteiger partial charge in [-0.1, -0.05) is 29.1 Å². The fraction of sp³-hybridized carbons (Fsp3) is 0.273. The van der Waals surface area contributed by atoms with E-state index in [-0.39, 0.29) is 6.54 Å². The Morgan fingerprint density at radius 2 is 2.13 bits per heavy atom. The minimum atomic E-state index is 0.207. The van der Waals surface area contributed by atoms with E-state index in [4.69, 9.17) is 5.53 Å². The molecule has 0 saturated heterocycles. The van der Waals surface area contributed by atoms with E-state index in [1.165, 1.54) is 0 Å². The molecule has 0 fully saturated rings. The van der Waals surface area contributed by atoms with Crippen LogP contribution in [0.2, 0.25) is 0 Å². The van der Waals surface area contributed by atoms with E-state index >= 15 is 0 Å². The van der Waals surface area contributed by atoms with Crippen LogP contribution in [-0.2, 0) is 0 Å². The molecule has 0 aliphatic heterocycles. The first kappa shape index (κ1) is 11.0. The Hall–Kier alpha value is -2.11. The zero-order valence-electron chi connectivity index (χ0n) is 8.81. The highest BCUT2D eigenvalue weighted by atomic mass is 15.1. The topological polar surface area (TPSA) is 52.0 Å². The van der Waals surface area contributed by atoms with Gasteiger partial charge < -0.3 is 4.90 Å². The standard InChI is InChI=1S/C11H12N4/c1-15(2)11-8-4-3-6-10(11)7-5-9-13-14-12/h3-4,6,8H,9H2,1-2H3. The van der Waals surface area contributed by atoms with Crippen LogP contribution in [0.3, 0.4) is 0 Å². The van der Waals surface area contributed by atoms with Crippen molar-refractivity contribution in [1.82, 2.24) is 0 Å². The SMILES string of the molecule is CN(C)c1ccccc1C#CCN=[N+]=[N-]. The number of rotatable bonds is 2. The average molecular weight is 200 g/mol. The minimum Gasteiger partial charge on any atom is -0.377 e. The third-order valence-electron chi connectivity index (χ3n) is 1.82. The molecule has 0 atom stereocenters. The molecule has 0 aliphatic rings. The highest BCUT2D eigenvalue weighted by Gasteiger charge is 1.98. The summed E-state index contributed by atoms with van der Waals surface area (Å²) in [5.74, 6) is 5.77. The van der Waals surface area contributed by atoms with Crippen molar-refractivity contribution in [2.45, 2.75) is 0 Å². The van der Waals surface area contributed by atoms with Crippen LogP contribution >= 0.6 is 0 Å². The van der Waals surface area contributed by atoms with Crippen molar-refractivity contribution in [1.29, 1.82) is 0 Å². The molecule has 0 spiro atoms. The normalized spacial score (nSPS) is 8.40. The van der Waals surface area contributed by atoms with Gasteiger partial charge >= 0.3 is 0 Å². The molecule has 0 saturated carbocycles. The molecule has 0 N–H and O–H groups in total. The molecule has 0 heterocycles. The lowest BCUT2D eigenvalue weighted by Crippen LogP contribution is -2.10. The van der Waals surface area contributed by atoms with Crippen LogP contribution < -0.4 is 4.90 Å². The third-order valence-corrected chi connectivity index (χ3v) is 1.82. The molecule has 1 rings (SSSR count). The Morgan fingerprint density at radius 3 is 2.80 bits per heavy atom. The van der Waals surface area contributed by atoms with Gasteiger partial charge in [0, 0.05) is 24.6 Å². The number of azide groups is 1. The summed E-state index contributed by atoms with van der Waals surface area (Å²) < 4.78 is 0. The van der Waals surface area contributed by atoms with Gasteiger partial charge in [-0.25, -0.2) is 0 Å². The molecule has 76 valence electrons. The highest BCUT2D eigenvalue weighted by molar-refractivity contribution is 5.59. The number of hydrogen-bond acceptors (Lipinski definition) is 2. The van der Waals surface area contributed by atoms with Crippen LogP contribution in [0.1, 0.15) is 5.56 Å². The summed E-state index contributed by atoms with van der Waals surface area (Å²) in [6, 6.07) is 7.84. The largest absolute Gasteiger partial charge is 0.377 e. The Kier molecular flexibility index (Phi) is 4.08. The molecule has 4 heteroatoms. The highest BCUT2D eigenvalue weighted by Crippen LogP contribution is 2.16. The first-order chi connectivity index (χ1) is 7.25. The van der Waals surface area contributed by atoms with E-state index in [2.05, 4.69) is 21.9 Å². The maximum absolute atomic E-state index is 8.09. The van der Waals surface area contributed by atoms with E-state index in [9.17, 15) is 0 Å².